The summed E-state index contributed by atoms with van der Waals surface area (Å²) in [6.07, 6.45) is 5.35. The summed E-state index contributed by atoms with van der Waals surface area (Å²) in [7, 11) is 0. The molecule has 1 aliphatic rings. The van der Waals surface area contributed by atoms with Gasteiger partial charge in [-0.05, 0) is 121 Å². The lowest BCUT2D eigenvalue weighted by atomic mass is 9.81. The molecule has 5 aromatic rings. The van der Waals surface area contributed by atoms with E-state index in [-0.39, 0.29) is 128 Å². The predicted octanol–water partition coefficient (Wildman–Crippen LogP) is 10.9. The number of hydrogen-bond acceptors (Lipinski definition) is 20. The Morgan fingerprint density at radius 1 is 0.392 bits per heavy atom. The Morgan fingerprint density at radius 2 is 0.742 bits per heavy atom. The second kappa shape index (κ2) is 40.3. The lowest BCUT2D eigenvalue weighted by Crippen LogP contribution is -2.30. The van der Waals surface area contributed by atoms with Crippen LogP contribution in [0.1, 0.15) is 75.6 Å². The third-order valence-corrected chi connectivity index (χ3v) is 13.9. The molecule has 0 fully saturated rings. The molecule has 5 aromatic carbocycles. The summed E-state index contributed by atoms with van der Waals surface area (Å²) in [6.45, 7) is 17.9. The van der Waals surface area contributed by atoms with Crippen molar-refractivity contribution in [1.29, 1.82) is 0 Å². The van der Waals surface area contributed by atoms with Crippen LogP contribution in [-0.4, -0.2) is 154 Å². The first kappa shape index (κ1) is 75.0. The Hall–Kier alpha value is -11.0. The molecule has 24 heteroatoms. The summed E-state index contributed by atoms with van der Waals surface area (Å²) in [5, 5.41) is 10.2. The number of nitrogens with one attached hydrogen (secondary N) is 4. The van der Waals surface area contributed by atoms with E-state index in [9.17, 15) is 38.4 Å². The molecule has 1 unspecified atom stereocenters. The Balaban J connectivity index is 1.33. The van der Waals surface area contributed by atoms with Gasteiger partial charge in [0.15, 0.2) is 0 Å². The molecular weight excluding hydrogens is 1250 g/mol. The van der Waals surface area contributed by atoms with E-state index in [1.165, 1.54) is 20.8 Å². The van der Waals surface area contributed by atoms with Crippen molar-refractivity contribution >= 4 is 53.8 Å². The van der Waals surface area contributed by atoms with Gasteiger partial charge in [-0.2, -0.15) is 0 Å². The molecule has 0 aromatic heterocycles. The minimum absolute atomic E-state index is 0.00664. The third kappa shape index (κ3) is 26.4. The zero-order valence-electron chi connectivity index (χ0n) is 55.3. The van der Waals surface area contributed by atoms with E-state index in [1.807, 2.05) is 72.8 Å². The van der Waals surface area contributed by atoms with Crippen LogP contribution >= 0.6 is 0 Å². The van der Waals surface area contributed by atoms with Crippen molar-refractivity contribution in [2.75, 3.05) is 105 Å². The van der Waals surface area contributed by atoms with E-state index in [1.54, 1.807) is 38.1 Å². The highest BCUT2D eigenvalue weighted by atomic mass is 16.6. The molecule has 0 aliphatic heterocycles. The monoisotopic (exact) mass is 1340 g/mol. The summed E-state index contributed by atoms with van der Waals surface area (Å²) in [6, 6.07) is 34.3. The van der Waals surface area contributed by atoms with Gasteiger partial charge in [0.2, 0.25) is 0 Å². The SMILES string of the molecule is C=C(C)C(=O)OCCNC(=O)OCCOc1ccc(-c2ccc(OCCOC(=O)NCCOC(=O)C(=C)C)c(C(c3ccc(C4=CCCC=C4)cc3)c3cc(-c4ccc(OCCOC(=O)NCCOC(=O)C(=C)C)cc4)ccc3OCCOC(=O)NCCOC(=O)C(C)C)c2)cc1. The maximum Gasteiger partial charge on any atom is 0.407 e. The van der Waals surface area contributed by atoms with E-state index in [2.05, 4.69) is 71.4 Å². The largest absolute Gasteiger partial charge is 0.490 e. The first-order chi connectivity index (χ1) is 46.8. The number of amides is 4. The van der Waals surface area contributed by atoms with Crippen molar-refractivity contribution in [1.82, 2.24) is 21.3 Å². The van der Waals surface area contributed by atoms with Crippen molar-refractivity contribution in [3.63, 3.8) is 0 Å². The number of hydrogen-bond donors (Lipinski definition) is 4. The van der Waals surface area contributed by atoms with Crippen LogP contribution in [0, 0.1) is 5.92 Å². The number of carbonyl (C=O) groups is 8. The average molecular weight is 1340 g/mol. The second-order valence-corrected chi connectivity index (χ2v) is 22.0. The smallest absolute Gasteiger partial charge is 0.407 e. The molecule has 0 saturated carbocycles. The maximum atomic E-state index is 12.8. The molecule has 6 rings (SSSR count). The van der Waals surface area contributed by atoms with E-state index in [4.69, 9.17) is 56.8 Å². The topological polar surface area (TPSA) is 295 Å². The summed E-state index contributed by atoms with van der Waals surface area (Å²) in [5.41, 5.74) is 8.04. The lowest BCUT2D eigenvalue weighted by Gasteiger charge is -2.26. The second-order valence-electron chi connectivity index (χ2n) is 22.0. The molecule has 0 heterocycles. The Labute approximate surface area is 564 Å². The maximum absolute atomic E-state index is 12.8. The zero-order chi connectivity index (χ0) is 69.9. The normalized spacial score (nSPS) is 11.6. The highest BCUT2D eigenvalue weighted by molar-refractivity contribution is 5.88. The van der Waals surface area contributed by atoms with Crippen LogP contribution in [0.15, 0.2) is 164 Å². The number of esters is 4. The fraction of sp³-hybridized carbons (Fsp3) is 0.342. The average Bonchev–Trinajstić information content (AvgIpc) is 0.771. The molecular formula is C73H84N4O20. The summed E-state index contributed by atoms with van der Waals surface area (Å²) in [4.78, 5) is 97.3. The Morgan fingerprint density at radius 3 is 1.09 bits per heavy atom. The molecule has 1 atom stereocenters. The van der Waals surface area contributed by atoms with Crippen molar-refractivity contribution in [3.8, 4) is 45.3 Å². The van der Waals surface area contributed by atoms with Crippen LogP contribution in [0.4, 0.5) is 19.2 Å². The molecule has 0 saturated heterocycles. The predicted molar refractivity (Wildman–Crippen MR) is 360 cm³/mol. The van der Waals surface area contributed by atoms with Gasteiger partial charge in [-0.25, -0.2) is 33.6 Å². The van der Waals surface area contributed by atoms with E-state index < -0.39 is 54.2 Å². The van der Waals surface area contributed by atoms with Gasteiger partial charge < -0.3 is 78.1 Å². The number of allylic oxidation sites excluding steroid dienone is 4. The van der Waals surface area contributed by atoms with Crippen LogP contribution in [0.2, 0.25) is 0 Å². The van der Waals surface area contributed by atoms with Gasteiger partial charge in [-0.3, -0.25) is 4.79 Å². The van der Waals surface area contributed by atoms with Crippen molar-refractivity contribution in [3.05, 3.63) is 186 Å². The quantitative estimate of drug-likeness (QED) is 0.00938. The van der Waals surface area contributed by atoms with Crippen molar-refractivity contribution in [2.45, 2.75) is 53.4 Å². The van der Waals surface area contributed by atoms with Gasteiger partial charge >= 0.3 is 48.3 Å². The first-order valence-electron chi connectivity index (χ1n) is 31.5. The minimum atomic E-state index is -0.758. The van der Waals surface area contributed by atoms with Crippen LogP contribution in [0.25, 0.3) is 27.8 Å². The van der Waals surface area contributed by atoms with Gasteiger partial charge in [0.1, 0.15) is 102 Å². The zero-order valence-corrected chi connectivity index (χ0v) is 55.3. The van der Waals surface area contributed by atoms with Crippen LogP contribution in [-0.2, 0) is 57.1 Å². The van der Waals surface area contributed by atoms with Crippen molar-refractivity contribution < 1.29 is 95.2 Å². The van der Waals surface area contributed by atoms with Gasteiger partial charge in [0.25, 0.3) is 0 Å². The minimum Gasteiger partial charge on any atom is -0.490 e. The summed E-state index contributed by atoms with van der Waals surface area (Å²) >= 11 is 0. The number of ether oxygens (including phenoxy) is 12. The highest BCUT2D eigenvalue weighted by Gasteiger charge is 2.27. The standard InChI is InChI=1S/C73H84N4O20/c1-48(2)66(78)90-34-30-74-70(82)94-42-38-86-59-24-18-54(19-25-59)57-22-28-63(88-40-44-96-72(84)76-32-36-92-68(80)50(5)6)61(46-57)65(56-16-14-53(15-17-56)52-12-10-9-11-13-52)62-47-58(23-29-64(62)89-41-45-97-73(85)77-33-37-93-69(81)51(7)8)55-20-26-60(27-21-55)87-39-43-95-71(83)75-31-35-91-67(79)49(3)4/h10,12-29,46-47,51,65H,1,3,5,9,11,30-45H2,2,4,6-8H3,(H,74,82)(H,75,83)(H,76,84)(H,77,85). The van der Waals surface area contributed by atoms with Crippen LogP contribution < -0.4 is 40.2 Å². The molecule has 1 aliphatic carbocycles. The van der Waals surface area contributed by atoms with Crippen molar-refractivity contribution in [2.24, 2.45) is 5.92 Å². The summed E-state index contributed by atoms with van der Waals surface area (Å²) in [5.74, 6) is -1.29. The molecule has 0 radical (unpaired) electrons. The first-order valence-corrected chi connectivity index (χ1v) is 31.5. The van der Waals surface area contributed by atoms with Crippen LogP contribution in [0.3, 0.4) is 0 Å². The Kier molecular flexibility index (Phi) is 31.1. The van der Waals surface area contributed by atoms with E-state index in [0.29, 0.717) is 34.1 Å². The number of benzene rings is 5. The fourth-order valence-electron chi connectivity index (χ4n) is 8.97. The van der Waals surface area contributed by atoms with Gasteiger partial charge in [-0.1, -0.05) is 112 Å². The summed E-state index contributed by atoms with van der Waals surface area (Å²) < 4.78 is 66.8. The van der Waals surface area contributed by atoms with Gasteiger partial charge in [0.05, 0.1) is 32.1 Å². The molecule has 0 bridgehead atoms. The number of rotatable bonds is 38. The molecule has 0 spiro atoms. The number of carbonyl (C=O) groups excluding carboxylic acids is 8. The van der Waals surface area contributed by atoms with Crippen LogP contribution in [0.5, 0.6) is 23.0 Å². The molecule has 4 N–H and O–H groups in total. The molecule has 24 nitrogen and oxygen atoms in total. The van der Waals surface area contributed by atoms with Gasteiger partial charge in [-0.15, -0.1) is 0 Å². The third-order valence-electron chi connectivity index (χ3n) is 13.9. The number of alkyl carbamates (subject to hydrolysis) is 4. The highest BCUT2D eigenvalue weighted by Crippen LogP contribution is 2.45. The fourth-order valence-corrected chi connectivity index (χ4v) is 8.97. The molecule has 4 amide bonds. The van der Waals surface area contributed by atoms with Gasteiger partial charge in [0, 0.05) is 33.8 Å². The van der Waals surface area contributed by atoms with E-state index in [0.717, 1.165) is 51.8 Å². The van der Waals surface area contributed by atoms with E-state index >= 15 is 0 Å². The molecule has 97 heavy (non-hydrogen) atoms. The lowest BCUT2D eigenvalue weighted by molar-refractivity contribution is -0.147. The molecule has 516 valence electrons. The Bertz CT molecular complexity index is 3580.